The Morgan fingerprint density at radius 1 is 1.50 bits per heavy atom. The van der Waals surface area contributed by atoms with E-state index in [0.717, 1.165) is 5.57 Å². The highest BCUT2D eigenvalue weighted by atomic mass is 16.2. The van der Waals surface area contributed by atoms with Crippen LogP contribution in [0, 0.1) is 0 Å². The Morgan fingerprint density at radius 3 is 2.75 bits per heavy atom. The van der Waals surface area contributed by atoms with E-state index < -0.39 is 11.9 Å². The summed E-state index contributed by atoms with van der Waals surface area (Å²) >= 11 is 0. The van der Waals surface area contributed by atoms with Crippen molar-refractivity contribution in [2.75, 3.05) is 6.54 Å². The lowest BCUT2D eigenvalue weighted by molar-refractivity contribution is -0.145. The van der Waals surface area contributed by atoms with Crippen LogP contribution in [-0.4, -0.2) is 35.2 Å². The van der Waals surface area contributed by atoms with Gasteiger partial charge in [0, 0.05) is 19.4 Å². The van der Waals surface area contributed by atoms with Crippen LogP contribution in [0.3, 0.4) is 0 Å². The number of nitrogens with one attached hydrogen (secondary N) is 1. The summed E-state index contributed by atoms with van der Waals surface area (Å²) in [6.07, 6.45) is 5.75. The average Bonchev–Trinajstić information content (AvgIpc) is 2.36. The van der Waals surface area contributed by atoms with Crippen molar-refractivity contribution in [1.82, 2.24) is 10.2 Å². The lowest BCUT2D eigenvalue weighted by atomic mass is 10.0. The smallest absolute Gasteiger partial charge is 0.249 e. The molecule has 0 spiro atoms. The third-order valence-corrected chi connectivity index (χ3v) is 2.91. The van der Waals surface area contributed by atoms with E-state index in [0.29, 0.717) is 13.0 Å². The first-order valence-corrected chi connectivity index (χ1v) is 6.50. The largest absolute Gasteiger partial charge is 0.326 e. The number of hydrogen-bond acceptors (Lipinski definition) is 3. The molecule has 3 amide bonds. The summed E-state index contributed by atoms with van der Waals surface area (Å²) in [5, 5.41) is 2.27. The topological polar surface area (TPSA) is 66.5 Å². The number of piperidine rings is 1. The van der Waals surface area contributed by atoms with Crippen LogP contribution >= 0.6 is 0 Å². The summed E-state index contributed by atoms with van der Waals surface area (Å²) in [6, 6.07) is -0.603. The Kier molecular flexibility index (Phi) is 5.90. The molecule has 0 radical (unpaired) electrons. The molecule has 1 heterocycles. The van der Waals surface area contributed by atoms with E-state index in [1.807, 2.05) is 0 Å². The van der Waals surface area contributed by atoms with Gasteiger partial charge in [0.1, 0.15) is 6.04 Å². The number of imide groups is 1. The molecule has 0 bridgehead atoms. The molecule has 0 aromatic carbocycles. The van der Waals surface area contributed by atoms with E-state index in [1.54, 1.807) is 25.2 Å². The third-order valence-electron chi connectivity index (χ3n) is 2.91. The molecule has 1 aliphatic heterocycles. The minimum Gasteiger partial charge on any atom is -0.326 e. The fourth-order valence-corrected chi connectivity index (χ4v) is 2.02. The monoisotopic (exact) mass is 276 g/mol. The van der Waals surface area contributed by atoms with Crippen molar-refractivity contribution >= 4 is 17.7 Å². The molecule has 0 aliphatic carbocycles. The van der Waals surface area contributed by atoms with Crippen LogP contribution in [-0.2, 0) is 14.4 Å². The molecule has 1 fully saturated rings. The van der Waals surface area contributed by atoms with Gasteiger partial charge in [-0.2, -0.15) is 0 Å². The lowest BCUT2D eigenvalue weighted by Crippen LogP contribution is -2.54. The number of carbonyl (C=O) groups excluding carboxylic acids is 3. The van der Waals surface area contributed by atoms with Crippen LogP contribution in [0.4, 0.5) is 0 Å². The van der Waals surface area contributed by atoms with Crippen LogP contribution < -0.4 is 5.32 Å². The third kappa shape index (κ3) is 4.50. The molecule has 5 heteroatoms. The van der Waals surface area contributed by atoms with Crippen molar-refractivity contribution in [1.29, 1.82) is 0 Å². The van der Waals surface area contributed by atoms with Gasteiger partial charge in [0.2, 0.25) is 17.7 Å². The van der Waals surface area contributed by atoms with E-state index >= 15 is 0 Å². The van der Waals surface area contributed by atoms with Crippen molar-refractivity contribution in [3.8, 4) is 0 Å². The zero-order valence-corrected chi connectivity index (χ0v) is 11.7. The molecule has 1 saturated heterocycles. The molecule has 1 unspecified atom stereocenters. The zero-order chi connectivity index (χ0) is 15.1. The minimum atomic E-state index is -0.603. The predicted molar refractivity (Wildman–Crippen MR) is 76.7 cm³/mol. The van der Waals surface area contributed by atoms with Gasteiger partial charge in [0.05, 0.1) is 0 Å². The Balaban J connectivity index is 2.82. The fraction of sp³-hybridized carbons (Fsp3) is 0.400. The predicted octanol–water partition coefficient (Wildman–Crippen LogP) is 1.33. The SMILES string of the molecule is C=C/C=C\CC(=O)N(CC(=C)C)C1CCC(=O)NC1=O. The van der Waals surface area contributed by atoms with Gasteiger partial charge in [-0.25, -0.2) is 0 Å². The first-order chi connectivity index (χ1) is 9.45. The second-order valence-electron chi connectivity index (χ2n) is 4.81. The molecule has 1 rings (SSSR count). The maximum Gasteiger partial charge on any atom is 0.249 e. The van der Waals surface area contributed by atoms with E-state index in [1.165, 1.54) is 4.90 Å². The first-order valence-electron chi connectivity index (χ1n) is 6.50. The van der Waals surface area contributed by atoms with E-state index in [4.69, 9.17) is 0 Å². The Labute approximate surface area is 119 Å². The number of rotatable bonds is 6. The van der Waals surface area contributed by atoms with Crippen LogP contribution in [0.15, 0.2) is 37.0 Å². The summed E-state index contributed by atoms with van der Waals surface area (Å²) < 4.78 is 0. The maximum absolute atomic E-state index is 12.2. The van der Waals surface area contributed by atoms with Gasteiger partial charge in [0.25, 0.3) is 0 Å². The van der Waals surface area contributed by atoms with Crippen molar-refractivity contribution in [2.45, 2.75) is 32.2 Å². The van der Waals surface area contributed by atoms with Gasteiger partial charge >= 0.3 is 0 Å². The summed E-state index contributed by atoms with van der Waals surface area (Å²) in [6.45, 7) is 9.43. The fourth-order valence-electron chi connectivity index (χ4n) is 2.02. The molecule has 0 saturated carbocycles. The molecule has 0 aromatic rings. The van der Waals surface area contributed by atoms with Gasteiger partial charge in [0.15, 0.2) is 0 Å². The molecular weight excluding hydrogens is 256 g/mol. The van der Waals surface area contributed by atoms with Gasteiger partial charge in [-0.05, 0) is 13.3 Å². The lowest BCUT2D eigenvalue weighted by Gasteiger charge is -2.33. The maximum atomic E-state index is 12.2. The molecule has 5 nitrogen and oxygen atoms in total. The molecule has 1 atom stereocenters. The van der Waals surface area contributed by atoms with Gasteiger partial charge in [-0.1, -0.05) is 37.0 Å². The Hall–Kier alpha value is -2.17. The van der Waals surface area contributed by atoms with E-state index in [2.05, 4.69) is 18.5 Å². The standard InChI is InChI=1S/C15H20N2O3/c1-4-5-6-7-14(19)17(10-11(2)3)12-8-9-13(18)16-15(12)20/h4-6,12H,1-2,7-10H2,3H3,(H,16,18,20)/b6-5-. The summed E-state index contributed by atoms with van der Waals surface area (Å²) in [4.78, 5) is 36.7. The van der Waals surface area contributed by atoms with Gasteiger partial charge in [-0.3, -0.25) is 19.7 Å². The molecule has 0 aromatic heterocycles. The van der Waals surface area contributed by atoms with E-state index in [-0.39, 0.29) is 24.7 Å². The highest BCUT2D eigenvalue weighted by molar-refractivity contribution is 6.01. The highest BCUT2D eigenvalue weighted by Crippen LogP contribution is 2.15. The molecular formula is C15H20N2O3. The first kappa shape index (κ1) is 15.9. The molecule has 1 aliphatic rings. The zero-order valence-electron chi connectivity index (χ0n) is 11.7. The molecule has 108 valence electrons. The Morgan fingerprint density at radius 2 is 2.20 bits per heavy atom. The Bertz CT molecular complexity index is 466. The molecule has 1 N–H and O–H groups in total. The quantitative estimate of drug-likeness (QED) is 0.452. The highest BCUT2D eigenvalue weighted by Gasteiger charge is 2.33. The number of nitrogens with zero attached hydrogens (tertiary/aromatic N) is 1. The number of amides is 3. The van der Waals surface area contributed by atoms with Crippen LogP contribution in [0.5, 0.6) is 0 Å². The van der Waals surface area contributed by atoms with Crippen molar-refractivity contribution in [2.24, 2.45) is 0 Å². The average molecular weight is 276 g/mol. The van der Waals surface area contributed by atoms with Crippen molar-refractivity contribution in [3.63, 3.8) is 0 Å². The van der Waals surface area contributed by atoms with Crippen LogP contribution in [0.25, 0.3) is 0 Å². The molecule has 20 heavy (non-hydrogen) atoms. The summed E-state index contributed by atoms with van der Waals surface area (Å²) in [5.41, 5.74) is 0.788. The number of carbonyl (C=O) groups is 3. The van der Waals surface area contributed by atoms with Crippen molar-refractivity contribution in [3.05, 3.63) is 37.0 Å². The summed E-state index contributed by atoms with van der Waals surface area (Å²) in [5.74, 6) is -0.871. The van der Waals surface area contributed by atoms with Gasteiger partial charge in [-0.15, -0.1) is 0 Å². The number of allylic oxidation sites excluding steroid dienone is 2. The van der Waals surface area contributed by atoms with E-state index in [9.17, 15) is 14.4 Å². The second-order valence-corrected chi connectivity index (χ2v) is 4.81. The second kappa shape index (κ2) is 7.43. The van der Waals surface area contributed by atoms with Gasteiger partial charge < -0.3 is 4.90 Å². The number of hydrogen-bond donors (Lipinski definition) is 1. The summed E-state index contributed by atoms with van der Waals surface area (Å²) in [7, 11) is 0. The van der Waals surface area contributed by atoms with Crippen LogP contribution in [0.1, 0.15) is 26.2 Å². The normalized spacial score (nSPS) is 18.8. The minimum absolute atomic E-state index is 0.166. The van der Waals surface area contributed by atoms with Crippen molar-refractivity contribution < 1.29 is 14.4 Å². The van der Waals surface area contributed by atoms with Crippen LogP contribution in [0.2, 0.25) is 0 Å².